The third kappa shape index (κ3) is 3.53. The molecule has 1 saturated carbocycles. The minimum atomic E-state index is -0.141. The molecule has 0 spiro atoms. The van der Waals surface area contributed by atoms with Gasteiger partial charge < -0.3 is 15.5 Å². The monoisotopic (exact) mass is 429 g/mol. The number of rotatable bonds is 6. The molecule has 32 heavy (non-hydrogen) atoms. The summed E-state index contributed by atoms with van der Waals surface area (Å²) in [7, 11) is 0. The Bertz CT molecular complexity index is 1260. The average molecular weight is 429 g/mol. The van der Waals surface area contributed by atoms with Gasteiger partial charge in [-0.1, -0.05) is 6.07 Å². The minimum Gasteiger partial charge on any atom is -0.348 e. The van der Waals surface area contributed by atoms with Crippen LogP contribution in [0.25, 0.3) is 5.65 Å². The van der Waals surface area contributed by atoms with Gasteiger partial charge >= 0.3 is 0 Å². The van der Waals surface area contributed by atoms with Gasteiger partial charge in [0.15, 0.2) is 5.82 Å². The SMILES string of the molecule is O=C(NC1CC1)c1cc(Nc2nc(N3CCCC3c3ccccn3)nc3cccn23)n[nH]1. The lowest BCUT2D eigenvalue weighted by molar-refractivity contribution is 0.0946. The normalized spacial score (nSPS) is 18.2. The maximum Gasteiger partial charge on any atom is 0.269 e. The molecule has 1 atom stereocenters. The molecule has 1 unspecified atom stereocenters. The lowest BCUT2D eigenvalue weighted by Gasteiger charge is -2.24. The zero-order chi connectivity index (χ0) is 21.5. The van der Waals surface area contributed by atoms with Crippen LogP contribution in [0.2, 0.25) is 0 Å². The molecule has 2 fully saturated rings. The molecule has 1 aliphatic carbocycles. The molecule has 1 saturated heterocycles. The number of nitrogens with one attached hydrogen (secondary N) is 3. The first kappa shape index (κ1) is 18.8. The molecule has 2 aliphatic rings. The molecular weight excluding hydrogens is 406 g/mol. The van der Waals surface area contributed by atoms with Crippen LogP contribution in [0.15, 0.2) is 48.8 Å². The van der Waals surface area contributed by atoms with E-state index in [9.17, 15) is 4.79 Å². The van der Waals surface area contributed by atoms with Crippen LogP contribution in [-0.4, -0.2) is 48.0 Å². The number of pyridine rings is 1. The van der Waals surface area contributed by atoms with Crippen molar-refractivity contribution in [2.75, 3.05) is 16.8 Å². The molecule has 6 rings (SSSR count). The summed E-state index contributed by atoms with van der Waals surface area (Å²) in [6.07, 6.45) is 7.86. The van der Waals surface area contributed by atoms with Gasteiger partial charge in [0.05, 0.1) is 11.7 Å². The third-order valence-corrected chi connectivity index (χ3v) is 5.89. The van der Waals surface area contributed by atoms with Crippen molar-refractivity contribution >= 4 is 29.3 Å². The van der Waals surface area contributed by atoms with Crippen LogP contribution >= 0.6 is 0 Å². The first-order valence-electron chi connectivity index (χ1n) is 10.9. The molecule has 10 nitrogen and oxygen atoms in total. The highest BCUT2D eigenvalue weighted by atomic mass is 16.2. The zero-order valence-electron chi connectivity index (χ0n) is 17.4. The van der Waals surface area contributed by atoms with Crippen molar-refractivity contribution in [3.63, 3.8) is 0 Å². The molecule has 10 heteroatoms. The Morgan fingerprint density at radius 3 is 2.91 bits per heavy atom. The van der Waals surface area contributed by atoms with Crippen molar-refractivity contribution in [1.29, 1.82) is 0 Å². The van der Waals surface area contributed by atoms with Crippen molar-refractivity contribution in [3.05, 3.63) is 60.2 Å². The van der Waals surface area contributed by atoms with E-state index in [0.29, 0.717) is 29.5 Å². The lowest BCUT2D eigenvalue weighted by Crippen LogP contribution is -2.26. The number of fused-ring (bicyclic) bond motifs is 1. The Morgan fingerprint density at radius 2 is 2.06 bits per heavy atom. The Kier molecular flexibility index (Phi) is 4.48. The van der Waals surface area contributed by atoms with E-state index in [1.807, 2.05) is 41.1 Å². The largest absolute Gasteiger partial charge is 0.348 e. The van der Waals surface area contributed by atoms with Crippen molar-refractivity contribution in [2.24, 2.45) is 0 Å². The lowest BCUT2D eigenvalue weighted by atomic mass is 10.1. The van der Waals surface area contributed by atoms with Crippen LogP contribution < -0.4 is 15.5 Å². The first-order valence-corrected chi connectivity index (χ1v) is 10.9. The number of carbonyl (C=O) groups is 1. The summed E-state index contributed by atoms with van der Waals surface area (Å²) in [6, 6.07) is 12.0. The van der Waals surface area contributed by atoms with Gasteiger partial charge in [-0.2, -0.15) is 15.1 Å². The summed E-state index contributed by atoms with van der Waals surface area (Å²) in [4.78, 5) is 28.6. The fourth-order valence-corrected chi connectivity index (χ4v) is 4.13. The number of nitrogens with zero attached hydrogens (tertiary/aromatic N) is 6. The van der Waals surface area contributed by atoms with E-state index < -0.39 is 0 Å². The van der Waals surface area contributed by atoms with Crippen LogP contribution in [-0.2, 0) is 0 Å². The van der Waals surface area contributed by atoms with Crippen LogP contribution in [0.5, 0.6) is 0 Å². The summed E-state index contributed by atoms with van der Waals surface area (Å²) in [5, 5.41) is 13.3. The van der Waals surface area contributed by atoms with Gasteiger partial charge in [0, 0.05) is 31.0 Å². The van der Waals surface area contributed by atoms with Crippen LogP contribution in [0.3, 0.4) is 0 Å². The maximum atomic E-state index is 12.3. The molecule has 5 heterocycles. The fraction of sp³-hybridized carbons (Fsp3) is 0.318. The standard InChI is InChI=1S/C22H23N9O/c32-20(24-14-8-9-14)16-13-18(29-28-16)25-21-27-22(26-19-7-4-12-31(19)21)30-11-3-6-17(30)15-5-1-2-10-23-15/h1-2,4-5,7,10,12-14,17H,3,6,8-9,11H2,(H,24,32)(H2,25,26,27,28,29). The molecule has 0 bridgehead atoms. The Morgan fingerprint density at radius 1 is 1.12 bits per heavy atom. The highest BCUT2D eigenvalue weighted by molar-refractivity contribution is 5.93. The Labute approximate surface area is 184 Å². The predicted octanol–water partition coefficient (Wildman–Crippen LogP) is 2.82. The van der Waals surface area contributed by atoms with E-state index >= 15 is 0 Å². The molecule has 4 aromatic rings. The van der Waals surface area contributed by atoms with E-state index in [2.05, 4.69) is 36.8 Å². The number of anilines is 3. The second-order valence-corrected chi connectivity index (χ2v) is 8.23. The summed E-state index contributed by atoms with van der Waals surface area (Å²) in [5.41, 5.74) is 2.23. The Balaban J connectivity index is 1.30. The van der Waals surface area contributed by atoms with E-state index in [1.165, 1.54) is 0 Å². The van der Waals surface area contributed by atoms with E-state index in [0.717, 1.165) is 43.6 Å². The predicted molar refractivity (Wildman–Crippen MR) is 119 cm³/mol. The third-order valence-electron chi connectivity index (χ3n) is 5.89. The first-order chi connectivity index (χ1) is 15.7. The maximum absolute atomic E-state index is 12.3. The molecule has 0 radical (unpaired) electrons. The molecular formula is C22H23N9O. The van der Waals surface area contributed by atoms with Crippen molar-refractivity contribution in [1.82, 2.24) is 34.9 Å². The van der Waals surface area contributed by atoms with Gasteiger partial charge in [-0.3, -0.25) is 19.3 Å². The van der Waals surface area contributed by atoms with Gasteiger partial charge in [-0.15, -0.1) is 0 Å². The topological polar surface area (TPSA) is 116 Å². The van der Waals surface area contributed by atoms with Crippen LogP contribution in [0.1, 0.15) is 47.9 Å². The van der Waals surface area contributed by atoms with Gasteiger partial charge in [0.25, 0.3) is 5.91 Å². The van der Waals surface area contributed by atoms with Crippen molar-refractivity contribution in [3.8, 4) is 0 Å². The van der Waals surface area contributed by atoms with E-state index in [1.54, 1.807) is 6.07 Å². The smallest absolute Gasteiger partial charge is 0.269 e. The fourth-order valence-electron chi connectivity index (χ4n) is 4.13. The Hall–Kier alpha value is -3.95. The molecule has 0 aromatic carbocycles. The van der Waals surface area contributed by atoms with Crippen molar-refractivity contribution in [2.45, 2.75) is 37.8 Å². The summed E-state index contributed by atoms with van der Waals surface area (Å²) < 4.78 is 1.87. The molecule has 162 valence electrons. The van der Waals surface area contributed by atoms with E-state index in [-0.39, 0.29) is 11.9 Å². The second kappa shape index (κ2) is 7.63. The highest BCUT2D eigenvalue weighted by Crippen LogP contribution is 2.34. The summed E-state index contributed by atoms with van der Waals surface area (Å²) in [6.45, 7) is 0.867. The van der Waals surface area contributed by atoms with Gasteiger partial charge in [0.1, 0.15) is 11.3 Å². The number of aromatic amines is 1. The zero-order valence-corrected chi connectivity index (χ0v) is 17.4. The molecule has 1 amide bonds. The van der Waals surface area contributed by atoms with Crippen LogP contribution in [0.4, 0.5) is 17.7 Å². The second-order valence-electron chi connectivity index (χ2n) is 8.23. The molecule has 1 aliphatic heterocycles. The quantitative estimate of drug-likeness (QED) is 0.432. The molecule has 3 N–H and O–H groups in total. The minimum absolute atomic E-state index is 0.141. The van der Waals surface area contributed by atoms with Gasteiger partial charge in [0.2, 0.25) is 11.9 Å². The number of hydrogen-bond acceptors (Lipinski definition) is 7. The van der Waals surface area contributed by atoms with E-state index in [4.69, 9.17) is 9.97 Å². The molecule has 4 aromatic heterocycles. The van der Waals surface area contributed by atoms with Gasteiger partial charge in [-0.25, -0.2) is 0 Å². The van der Waals surface area contributed by atoms with Crippen molar-refractivity contribution < 1.29 is 4.79 Å². The summed E-state index contributed by atoms with van der Waals surface area (Å²) in [5.74, 6) is 1.61. The highest BCUT2D eigenvalue weighted by Gasteiger charge is 2.30. The number of hydrogen-bond donors (Lipinski definition) is 3. The van der Waals surface area contributed by atoms with Gasteiger partial charge in [-0.05, 0) is 49.9 Å². The number of aromatic nitrogens is 6. The average Bonchev–Trinajstić information content (AvgIpc) is 3.23. The number of amides is 1. The van der Waals surface area contributed by atoms with Crippen LogP contribution in [0, 0.1) is 0 Å². The number of H-pyrrole nitrogens is 1. The number of carbonyl (C=O) groups excluding carboxylic acids is 1. The summed E-state index contributed by atoms with van der Waals surface area (Å²) >= 11 is 0.